The van der Waals surface area contributed by atoms with Crippen LogP contribution >= 0.6 is 11.6 Å². The molecule has 0 spiro atoms. The summed E-state index contributed by atoms with van der Waals surface area (Å²) in [7, 11) is 0. The Labute approximate surface area is 99.5 Å². The summed E-state index contributed by atoms with van der Waals surface area (Å²) in [6, 6.07) is 4.70. The number of hydrogen-bond acceptors (Lipinski definition) is 2. The van der Waals surface area contributed by atoms with Crippen LogP contribution < -0.4 is 5.73 Å². The van der Waals surface area contributed by atoms with Crippen LogP contribution in [-0.2, 0) is 4.74 Å². The predicted octanol–water partition coefficient (Wildman–Crippen LogP) is 2.91. The van der Waals surface area contributed by atoms with Crippen molar-refractivity contribution < 1.29 is 9.13 Å². The summed E-state index contributed by atoms with van der Waals surface area (Å²) in [6.07, 6.45) is 1.76. The van der Waals surface area contributed by atoms with E-state index < -0.39 is 0 Å². The molecule has 1 heterocycles. The lowest BCUT2D eigenvalue weighted by Crippen LogP contribution is -2.29. The number of benzene rings is 1. The van der Waals surface area contributed by atoms with Gasteiger partial charge in [-0.1, -0.05) is 17.7 Å². The third-order valence-corrected chi connectivity index (χ3v) is 3.25. The van der Waals surface area contributed by atoms with Crippen molar-refractivity contribution in [3.05, 3.63) is 34.6 Å². The molecule has 1 aliphatic heterocycles. The van der Waals surface area contributed by atoms with E-state index in [1.54, 1.807) is 12.1 Å². The van der Waals surface area contributed by atoms with Gasteiger partial charge in [-0.3, -0.25) is 0 Å². The minimum atomic E-state index is -0.308. The van der Waals surface area contributed by atoms with E-state index in [2.05, 4.69) is 0 Å². The Hall–Kier alpha value is -0.640. The molecule has 0 aliphatic carbocycles. The third kappa shape index (κ3) is 2.37. The molecule has 0 saturated carbocycles. The van der Waals surface area contributed by atoms with Gasteiger partial charge in [0, 0.05) is 23.1 Å². The van der Waals surface area contributed by atoms with Crippen molar-refractivity contribution in [3.8, 4) is 0 Å². The normalized spacial score (nSPS) is 25.7. The van der Waals surface area contributed by atoms with Crippen molar-refractivity contribution in [2.45, 2.75) is 18.9 Å². The first-order valence-corrected chi connectivity index (χ1v) is 5.87. The maximum Gasteiger partial charge on any atom is 0.130 e. The van der Waals surface area contributed by atoms with Gasteiger partial charge in [-0.05, 0) is 31.5 Å². The zero-order valence-electron chi connectivity index (χ0n) is 8.96. The molecule has 2 nitrogen and oxygen atoms in total. The summed E-state index contributed by atoms with van der Waals surface area (Å²) >= 11 is 5.72. The van der Waals surface area contributed by atoms with Crippen LogP contribution in [0.2, 0.25) is 5.02 Å². The van der Waals surface area contributed by atoms with Crippen LogP contribution in [-0.4, -0.2) is 13.2 Å². The second-order valence-corrected chi connectivity index (χ2v) is 4.53. The molecular formula is C12H15ClFNO. The number of hydrogen-bond donors (Lipinski definition) is 1. The van der Waals surface area contributed by atoms with E-state index in [0.717, 1.165) is 12.8 Å². The van der Waals surface area contributed by atoms with Crippen molar-refractivity contribution in [2.75, 3.05) is 13.2 Å². The molecule has 1 saturated heterocycles. The Morgan fingerprint density at radius 1 is 1.50 bits per heavy atom. The molecule has 1 fully saturated rings. The van der Waals surface area contributed by atoms with E-state index in [1.807, 2.05) is 0 Å². The largest absolute Gasteiger partial charge is 0.373 e. The fourth-order valence-electron chi connectivity index (χ4n) is 2.16. The number of rotatable bonds is 2. The van der Waals surface area contributed by atoms with Gasteiger partial charge in [0.15, 0.2) is 0 Å². The number of ether oxygens (including phenoxy) is 1. The average Bonchev–Trinajstić information content (AvgIpc) is 2.29. The highest BCUT2D eigenvalue weighted by atomic mass is 35.5. The minimum Gasteiger partial charge on any atom is -0.373 e. The smallest absolute Gasteiger partial charge is 0.130 e. The molecule has 2 rings (SSSR count). The van der Waals surface area contributed by atoms with Crippen LogP contribution in [0, 0.1) is 11.7 Å². The van der Waals surface area contributed by atoms with Gasteiger partial charge < -0.3 is 10.5 Å². The van der Waals surface area contributed by atoms with E-state index >= 15 is 0 Å². The molecule has 16 heavy (non-hydrogen) atoms. The molecule has 0 bridgehead atoms. The second-order valence-electron chi connectivity index (χ2n) is 4.10. The molecule has 0 aromatic heterocycles. The average molecular weight is 244 g/mol. The lowest BCUT2D eigenvalue weighted by molar-refractivity contribution is -0.0270. The predicted molar refractivity (Wildman–Crippen MR) is 61.9 cm³/mol. The molecule has 2 atom stereocenters. The highest BCUT2D eigenvalue weighted by Crippen LogP contribution is 2.34. The molecule has 2 unspecified atom stereocenters. The first-order valence-electron chi connectivity index (χ1n) is 5.49. The first-order chi connectivity index (χ1) is 7.72. The summed E-state index contributed by atoms with van der Waals surface area (Å²) in [4.78, 5) is 0. The van der Waals surface area contributed by atoms with Gasteiger partial charge >= 0.3 is 0 Å². The Balaban J connectivity index is 2.27. The molecule has 4 heteroatoms. The lowest BCUT2D eigenvalue weighted by Gasteiger charge is -2.31. The molecule has 0 amide bonds. The van der Waals surface area contributed by atoms with Crippen LogP contribution in [0.3, 0.4) is 0 Å². The Morgan fingerprint density at radius 3 is 3.00 bits per heavy atom. The summed E-state index contributed by atoms with van der Waals surface area (Å²) in [5.41, 5.74) is 6.25. The van der Waals surface area contributed by atoms with Crippen molar-refractivity contribution in [1.82, 2.24) is 0 Å². The summed E-state index contributed by atoms with van der Waals surface area (Å²) < 4.78 is 19.4. The van der Waals surface area contributed by atoms with E-state index in [-0.39, 0.29) is 17.8 Å². The second kappa shape index (κ2) is 5.13. The SMILES string of the molecule is NCC1CCCOC1c1ccc(Cl)cc1F. The first kappa shape index (κ1) is 11.8. The molecular weight excluding hydrogens is 229 g/mol. The molecule has 1 aliphatic rings. The van der Waals surface area contributed by atoms with Crippen molar-refractivity contribution in [2.24, 2.45) is 11.7 Å². The van der Waals surface area contributed by atoms with Gasteiger partial charge in [-0.2, -0.15) is 0 Å². The zero-order valence-corrected chi connectivity index (χ0v) is 9.71. The molecule has 1 aromatic carbocycles. The zero-order chi connectivity index (χ0) is 11.5. The van der Waals surface area contributed by atoms with Gasteiger partial charge in [-0.15, -0.1) is 0 Å². The van der Waals surface area contributed by atoms with E-state index in [1.165, 1.54) is 6.07 Å². The number of halogens is 2. The van der Waals surface area contributed by atoms with Crippen LogP contribution in [0.4, 0.5) is 4.39 Å². The highest BCUT2D eigenvalue weighted by Gasteiger charge is 2.28. The maximum absolute atomic E-state index is 13.7. The molecule has 2 N–H and O–H groups in total. The quantitative estimate of drug-likeness (QED) is 0.867. The van der Waals surface area contributed by atoms with Gasteiger partial charge in [0.05, 0.1) is 6.10 Å². The van der Waals surface area contributed by atoms with Crippen LogP contribution in [0.5, 0.6) is 0 Å². The van der Waals surface area contributed by atoms with E-state index in [0.29, 0.717) is 23.7 Å². The third-order valence-electron chi connectivity index (χ3n) is 3.02. The fourth-order valence-corrected chi connectivity index (χ4v) is 2.32. The van der Waals surface area contributed by atoms with E-state index in [9.17, 15) is 4.39 Å². The standard InChI is InChI=1S/C12H15ClFNO/c13-9-3-4-10(11(14)6-9)12-8(7-15)2-1-5-16-12/h3-4,6,8,12H,1-2,5,7,15H2. The van der Waals surface area contributed by atoms with Gasteiger partial charge in [0.25, 0.3) is 0 Å². The molecule has 0 radical (unpaired) electrons. The summed E-state index contributed by atoms with van der Waals surface area (Å²) in [6.45, 7) is 1.19. The van der Waals surface area contributed by atoms with Crippen molar-refractivity contribution in [1.29, 1.82) is 0 Å². The highest BCUT2D eigenvalue weighted by molar-refractivity contribution is 6.30. The number of nitrogens with two attached hydrogens (primary N) is 1. The topological polar surface area (TPSA) is 35.2 Å². The lowest BCUT2D eigenvalue weighted by atomic mass is 9.89. The monoisotopic (exact) mass is 243 g/mol. The van der Waals surface area contributed by atoms with Crippen LogP contribution in [0.1, 0.15) is 24.5 Å². The Bertz CT molecular complexity index is 372. The van der Waals surface area contributed by atoms with Crippen molar-refractivity contribution >= 4 is 11.6 Å². The molecule has 88 valence electrons. The van der Waals surface area contributed by atoms with Crippen LogP contribution in [0.15, 0.2) is 18.2 Å². The Morgan fingerprint density at radius 2 is 2.31 bits per heavy atom. The summed E-state index contributed by atoms with van der Waals surface area (Å²) in [5.74, 6) is -0.109. The van der Waals surface area contributed by atoms with Crippen molar-refractivity contribution in [3.63, 3.8) is 0 Å². The molecule has 1 aromatic rings. The maximum atomic E-state index is 13.7. The Kier molecular flexibility index (Phi) is 3.79. The van der Waals surface area contributed by atoms with E-state index in [4.69, 9.17) is 22.1 Å². The summed E-state index contributed by atoms with van der Waals surface area (Å²) in [5, 5.41) is 0.404. The van der Waals surface area contributed by atoms with Crippen LogP contribution in [0.25, 0.3) is 0 Å². The van der Waals surface area contributed by atoms with Gasteiger partial charge in [0.2, 0.25) is 0 Å². The fraction of sp³-hybridized carbons (Fsp3) is 0.500. The van der Waals surface area contributed by atoms with Gasteiger partial charge in [0.1, 0.15) is 5.82 Å². The van der Waals surface area contributed by atoms with Gasteiger partial charge in [-0.25, -0.2) is 4.39 Å². The minimum absolute atomic E-state index is 0.199.